The number of aliphatic imine (C=N–C) groups is 1. The third-order valence-corrected chi connectivity index (χ3v) is 5.46. The SMILES string of the molecule is COc1ccc(C2=Nc3cc(C)c(C)cc3NC2c2ccc(OC)cc2O)c(O)c1. The minimum Gasteiger partial charge on any atom is -0.507 e. The van der Waals surface area contributed by atoms with E-state index in [2.05, 4.69) is 5.32 Å². The Kier molecular flexibility index (Phi) is 4.99. The van der Waals surface area contributed by atoms with Crippen molar-refractivity contribution < 1.29 is 19.7 Å². The number of nitrogens with one attached hydrogen (secondary N) is 1. The number of hydrogen-bond acceptors (Lipinski definition) is 6. The molecule has 3 aromatic rings. The van der Waals surface area contributed by atoms with Crippen LogP contribution in [0.2, 0.25) is 0 Å². The Morgan fingerprint density at radius 2 is 1.47 bits per heavy atom. The summed E-state index contributed by atoms with van der Waals surface area (Å²) in [7, 11) is 3.10. The van der Waals surface area contributed by atoms with Crippen molar-refractivity contribution in [1.82, 2.24) is 0 Å². The van der Waals surface area contributed by atoms with Gasteiger partial charge in [-0.05, 0) is 61.4 Å². The summed E-state index contributed by atoms with van der Waals surface area (Å²) in [6.07, 6.45) is 0. The number of phenolic OH excluding ortho intramolecular Hbond substituents is 2. The normalized spacial score (nSPS) is 15.1. The third kappa shape index (κ3) is 3.41. The number of rotatable bonds is 4. The molecule has 6 nitrogen and oxygen atoms in total. The first-order chi connectivity index (χ1) is 14.4. The fraction of sp³-hybridized carbons (Fsp3) is 0.208. The lowest BCUT2D eigenvalue weighted by atomic mass is 9.92. The van der Waals surface area contributed by atoms with Gasteiger partial charge < -0.3 is 25.0 Å². The first kappa shape index (κ1) is 19.6. The van der Waals surface area contributed by atoms with Gasteiger partial charge in [-0.25, -0.2) is 4.99 Å². The largest absolute Gasteiger partial charge is 0.507 e. The number of phenols is 2. The van der Waals surface area contributed by atoms with Crippen LogP contribution < -0.4 is 14.8 Å². The molecule has 0 spiro atoms. The van der Waals surface area contributed by atoms with E-state index in [9.17, 15) is 10.2 Å². The third-order valence-electron chi connectivity index (χ3n) is 5.46. The molecule has 0 aliphatic carbocycles. The van der Waals surface area contributed by atoms with E-state index in [0.29, 0.717) is 28.3 Å². The number of ether oxygens (including phenoxy) is 2. The van der Waals surface area contributed by atoms with Gasteiger partial charge in [0.05, 0.1) is 37.3 Å². The van der Waals surface area contributed by atoms with Crippen molar-refractivity contribution in [3.63, 3.8) is 0 Å². The van der Waals surface area contributed by atoms with E-state index in [4.69, 9.17) is 14.5 Å². The molecule has 0 bridgehead atoms. The molecular formula is C24H24N2O4. The number of aryl methyl sites for hydroxylation is 2. The molecule has 0 saturated carbocycles. The molecule has 0 fully saturated rings. The van der Waals surface area contributed by atoms with E-state index >= 15 is 0 Å². The lowest BCUT2D eigenvalue weighted by molar-refractivity contribution is 0.406. The maximum absolute atomic E-state index is 10.7. The molecule has 6 heteroatoms. The van der Waals surface area contributed by atoms with Gasteiger partial charge in [0.1, 0.15) is 23.0 Å². The first-order valence-electron chi connectivity index (χ1n) is 9.62. The molecular weight excluding hydrogens is 380 g/mol. The maximum Gasteiger partial charge on any atom is 0.128 e. The van der Waals surface area contributed by atoms with Crippen LogP contribution in [0.4, 0.5) is 11.4 Å². The molecule has 0 amide bonds. The van der Waals surface area contributed by atoms with E-state index in [0.717, 1.165) is 22.5 Å². The molecule has 3 N–H and O–H groups in total. The van der Waals surface area contributed by atoms with Gasteiger partial charge in [0, 0.05) is 23.3 Å². The highest BCUT2D eigenvalue weighted by Crippen LogP contribution is 2.42. The Hall–Kier alpha value is -3.67. The summed E-state index contributed by atoms with van der Waals surface area (Å²) in [5.41, 5.74) is 5.73. The topological polar surface area (TPSA) is 83.3 Å². The van der Waals surface area contributed by atoms with E-state index in [1.807, 2.05) is 26.0 Å². The number of hydrogen-bond donors (Lipinski definition) is 3. The van der Waals surface area contributed by atoms with E-state index < -0.39 is 6.04 Å². The fourth-order valence-corrected chi connectivity index (χ4v) is 3.62. The number of benzene rings is 3. The van der Waals surface area contributed by atoms with Crippen LogP contribution in [0.3, 0.4) is 0 Å². The second kappa shape index (κ2) is 7.63. The van der Waals surface area contributed by atoms with Gasteiger partial charge in [-0.3, -0.25) is 0 Å². The van der Waals surface area contributed by atoms with E-state index in [-0.39, 0.29) is 11.5 Å². The zero-order chi connectivity index (χ0) is 21.4. The van der Waals surface area contributed by atoms with Gasteiger partial charge in [-0.1, -0.05) is 0 Å². The van der Waals surface area contributed by atoms with Gasteiger partial charge in [0.2, 0.25) is 0 Å². The van der Waals surface area contributed by atoms with E-state index in [1.54, 1.807) is 50.6 Å². The summed E-state index contributed by atoms with van der Waals surface area (Å²) in [6.45, 7) is 4.09. The summed E-state index contributed by atoms with van der Waals surface area (Å²) in [6, 6.07) is 13.9. The van der Waals surface area contributed by atoms with Crippen molar-refractivity contribution in [1.29, 1.82) is 0 Å². The van der Waals surface area contributed by atoms with Crippen LogP contribution in [0.5, 0.6) is 23.0 Å². The Bertz CT molecular complexity index is 1150. The molecule has 1 unspecified atom stereocenters. The molecule has 3 aromatic carbocycles. The highest BCUT2D eigenvalue weighted by atomic mass is 16.5. The summed E-state index contributed by atoms with van der Waals surface area (Å²) in [5.74, 6) is 1.25. The molecule has 1 aliphatic rings. The van der Waals surface area contributed by atoms with Crippen LogP contribution in [0, 0.1) is 13.8 Å². The molecule has 1 atom stereocenters. The molecule has 1 heterocycles. The highest BCUT2D eigenvalue weighted by molar-refractivity contribution is 6.12. The van der Waals surface area contributed by atoms with Crippen LogP contribution in [-0.4, -0.2) is 30.1 Å². The number of anilines is 1. The van der Waals surface area contributed by atoms with Crippen LogP contribution in [-0.2, 0) is 0 Å². The van der Waals surface area contributed by atoms with Gasteiger partial charge >= 0.3 is 0 Å². The molecule has 4 rings (SSSR count). The lowest BCUT2D eigenvalue weighted by Crippen LogP contribution is -2.25. The van der Waals surface area contributed by atoms with Gasteiger partial charge in [-0.15, -0.1) is 0 Å². The van der Waals surface area contributed by atoms with Crippen molar-refractivity contribution in [2.45, 2.75) is 19.9 Å². The predicted molar refractivity (Wildman–Crippen MR) is 118 cm³/mol. The van der Waals surface area contributed by atoms with Gasteiger partial charge in [0.15, 0.2) is 0 Å². The highest BCUT2D eigenvalue weighted by Gasteiger charge is 2.29. The summed E-state index contributed by atoms with van der Waals surface area (Å²) < 4.78 is 10.4. The molecule has 0 saturated heterocycles. The number of nitrogens with zero attached hydrogens (tertiary/aromatic N) is 1. The molecule has 0 aromatic heterocycles. The average Bonchev–Trinajstić information content (AvgIpc) is 2.74. The van der Waals surface area contributed by atoms with Crippen molar-refractivity contribution in [3.05, 3.63) is 70.8 Å². The summed E-state index contributed by atoms with van der Waals surface area (Å²) in [4.78, 5) is 4.89. The van der Waals surface area contributed by atoms with Crippen molar-refractivity contribution >= 4 is 17.1 Å². The van der Waals surface area contributed by atoms with Crippen molar-refractivity contribution in [3.8, 4) is 23.0 Å². The average molecular weight is 404 g/mol. The van der Waals surface area contributed by atoms with Crippen LogP contribution in [0.25, 0.3) is 0 Å². The minimum absolute atomic E-state index is 0.0557. The second-order valence-corrected chi connectivity index (χ2v) is 7.34. The Morgan fingerprint density at radius 1 is 0.833 bits per heavy atom. The van der Waals surface area contributed by atoms with Gasteiger partial charge in [-0.2, -0.15) is 0 Å². The summed E-state index contributed by atoms with van der Waals surface area (Å²) in [5, 5.41) is 24.8. The Balaban J connectivity index is 1.91. The van der Waals surface area contributed by atoms with Crippen molar-refractivity contribution in [2.24, 2.45) is 4.99 Å². The monoisotopic (exact) mass is 404 g/mol. The molecule has 154 valence electrons. The number of aromatic hydroxyl groups is 2. The second-order valence-electron chi connectivity index (χ2n) is 7.34. The fourth-order valence-electron chi connectivity index (χ4n) is 3.62. The van der Waals surface area contributed by atoms with E-state index in [1.165, 1.54) is 0 Å². The van der Waals surface area contributed by atoms with Crippen molar-refractivity contribution in [2.75, 3.05) is 19.5 Å². The predicted octanol–water partition coefficient (Wildman–Crippen LogP) is 5.02. The zero-order valence-electron chi connectivity index (χ0n) is 17.4. The summed E-state index contributed by atoms with van der Waals surface area (Å²) >= 11 is 0. The van der Waals surface area contributed by atoms with Crippen LogP contribution in [0.1, 0.15) is 28.3 Å². The van der Waals surface area contributed by atoms with Crippen LogP contribution in [0.15, 0.2) is 53.5 Å². The van der Waals surface area contributed by atoms with Crippen LogP contribution >= 0.6 is 0 Å². The molecule has 1 aliphatic heterocycles. The number of methoxy groups -OCH3 is 2. The molecule has 30 heavy (non-hydrogen) atoms. The lowest BCUT2D eigenvalue weighted by Gasteiger charge is -2.29. The smallest absolute Gasteiger partial charge is 0.128 e. The zero-order valence-corrected chi connectivity index (χ0v) is 17.4. The molecule has 0 radical (unpaired) electrons. The quantitative estimate of drug-likeness (QED) is 0.569. The number of fused-ring (bicyclic) bond motifs is 1. The Labute approximate surface area is 175 Å². The maximum atomic E-state index is 10.7. The minimum atomic E-state index is -0.468. The first-order valence-corrected chi connectivity index (χ1v) is 9.62. The standard InChI is InChI=1S/C24H24N2O4/c1-13-9-19-20(10-14(13)2)26-24(18-8-6-16(30-4)12-22(18)28)23(25-19)17-7-5-15(29-3)11-21(17)27/h5-12,23,25,27-28H,1-4H3. The van der Waals surface area contributed by atoms with Gasteiger partial charge in [0.25, 0.3) is 0 Å². The Morgan fingerprint density at radius 3 is 2.10 bits per heavy atom.